The zero-order chi connectivity index (χ0) is 20.7. The molecule has 0 spiro atoms. The first-order valence-electron chi connectivity index (χ1n) is 8.37. The Morgan fingerprint density at radius 1 is 1.18 bits per heavy atom. The number of aromatic hydroxyl groups is 1. The molecule has 2 aromatic rings. The molecule has 2 rings (SSSR count). The van der Waals surface area contributed by atoms with Gasteiger partial charge in [0.25, 0.3) is 5.91 Å². The summed E-state index contributed by atoms with van der Waals surface area (Å²) in [5.41, 5.74) is 1.59. The summed E-state index contributed by atoms with van der Waals surface area (Å²) in [5, 5.41) is 21.7. The van der Waals surface area contributed by atoms with E-state index in [9.17, 15) is 14.7 Å². The van der Waals surface area contributed by atoms with Gasteiger partial charge in [0.15, 0.2) is 0 Å². The molecule has 2 amide bonds. The van der Waals surface area contributed by atoms with Gasteiger partial charge in [-0.3, -0.25) is 15.3 Å². The number of ether oxygens (including phenoxy) is 1. The van der Waals surface area contributed by atoms with Crippen LogP contribution >= 0.6 is 22.6 Å². The number of phenolic OH excluding ortho intramolecular Hbond substituents is 1. The number of benzene rings is 2. The molecule has 7 nitrogen and oxygen atoms in total. The predicted molar refractivity (Wildman–Crippen MR) is 113 cm³/mol. The number of amides is 2. The van der Waals surface area contributed by atoms with Crippen LogP contribution in [0.3, 0.4) is 0 Å². The van der Waals surface area contributed by atoms with E-state index < -0.39 is 23.5 Å². The fourth-order valence-corrected chi connectivity index (χ4v) is 3.06. The Balaban J connectivity index is 2.35. The molecule has 0 bridgehead atoms. The minimum atomic E-state index is -0.909. The number of rotatable bonds is 6. The van der Waals surface area contributed by atoms with Crippen molar-refractivity contribution in [2.24, 2.45) is 5.41 Å². The zero-order valence-electron chi connectivity index (χ0n) is 15.3. The molecular formula is C20H21IN2O5. The van der Waals surface area contributed by atoms with E-state index in [2.05, 4.69) is 27.9 Å². The zero-order valence-corrected chi connectivity index (χ0v) is 17.5. The third-order valence-electron chi connectivity index (χ3n) is 3.97. The fourth-order valence-electron chi connectivity index (χ4n) is 2.54. The summed E-state index contributed by atoms with van der Waals surface area (Å²) < 4.78 is 6.49. The van der Waals surface area contributed by atoms with Gasteiger partial charge in [0.1, 0.15) is 11.9 Å². The average molecular weight is 496 g/mol. The van der Waals surface area contributed by atoms with E-state index in [1.54, 1.807) is 50.2 Å². The molecular weight excluding hydrogens is 475 g/mol. The number of halogens is 1. The van der Waals surface area contributed by atoms with Crippen LogP contribution in [0.25, 0.3) is 0 Å². The highest BCUT2D eigenvalue weighted by Gasteiger charge is 2.34. The van der Waals surface area contributed by atoms with Gasteiger partial charge in [-0.05, 0) is 52.9 Å². The van der Waals surface area contributed by atoms with E-state index in [1.165, 1.54) is 17.6 Å². The molecule has 0 heterocycles. The van der Waals surface area contributed by atoms with Crippen molar-refractivity contribution in [1.29, 1.82) is 0 Å². The summed E-state index contributed by atoms with van der Waals surface area (Å²) in [6, 6.07) is 13.8. The highest BCUT2D eigenvalue weighted by atomic mass is 127. The van der Waals surface area contributed by atoms with Crippen LogP contribution in [0.2, 0.25) is 0 Å². The van der Waals surface area contributed by atoms with Crippen LogP contribution < -0.4 is 10.8 Å². The molecule has 0 fully saturated rings. The van der Waals surface area contributed by atoms with E-state index in [0.717, 1.165) is 9.65 Å². The van der Waals surface area contributed by atoms with Gasteiger partial charge >= 0.3 is 6.09 Å². The smallest absolute Gasteiger partial charge is 0.412 e. The molecule has 28 heavy (non-hydrogen) atoms. The molecule has 0 aromatic heterocycles. The normalized spacial score (nSPS) is 12.4. The van der Waals surface area contributed by atoms with Gasteiger partial charge in [0.2, 0.25) is 0 Å². The van der Waals surface area contributed by atoms with Gasteiger partial charge in [-0.25, -0.2) is 10.3 Å². The topological polar surface area (TPSA) is 108 Å². The molecule has 0 aliphatic heterocycles. The van der Waals surface area contributed by atoms with Crippen LogP contribution in [-0.4, -0.2) is 22.3 Å². The first-order chi connectivity index (χ1) is 13.2. The number of nitrogens with one attached hydrogen (secondary N) is 2. The first kappa shape index (κ1) is 21.7. The SMILES string of the molecule is CC(C)(/C=C/C(=O)NO)[C@H](OC(=O)Nc1ccccc1)c1cc(I)ccc1O. The number of anilines is 1. The van der Waals surface area contributed by atoms with Crippen molar-refractivity contribution in [3.05, 3.63) is 69.8 Å². The van der Waals surface area contributed by atoms with Gasteiger partial charge < -0.3 is 9.84 Å². The third kappa shape index (κ3) is 5.96. The number of carbonyl (C=O) groups excluding carboxylic acids is 2. The quantitative estimate of drug-likeness (QED) is 0.206. The highest BCUT2D eigenvalue weighted by Crippen LogP contribution is 2.42. The first-order valence-corrected chi connectivity index (χ1v) is 9.45. The van der Waals surface area contributed by atoms with Crippen LogP contribution in [0.5, 0.6) is 5.75 Å². The van der Waals surface area contributed by atoms with Gasteiger partial charge in [-0.1, -0.05) is 38.1 Å². The van der Waals surface area contributed by atoms with Crippen LogP contribution in [-0.2, 0) is 9.53 Å². The van der Waals surface area contributed by atoms with Crippen LogP contribution in [0, 0.1) is 8.99 Å². The Bertz CT molecular complexity index is 868. The van der Waals surface area contributed by atoms with Crippen LogP contribution in [0.15, 0.2) is 60.7 Å². The number of phenols is 1. The monoisotopic (exact) mass is 496 g/mol. The Morgan fingerprint density at radius 2 is 1.86 bits per heavy atom. The summed E-state index contributed by atoms with van der Waals surface area (Å²) in [7, 11) is 0. The summed E-state index contributed by atoms with van der Waals surface area (Å²) in [6.07, 6.45) is 1.02. The second-order valence-electron chi connectivity index (χ2n) is 6.61. The van der Waals surface area contributed by atoms with Gasteiger partial charge in [-0.2, -0.15) is 0 Å². The summed E-state index contributed by atoms with van der Waals surface area (Å²) in [6.45, 7) is 3.49. The maximum Gasteiger partial charge on any atom is 0.412 e. The second-order valence-corrected chi connectivity index (χ2v) is 7.86. The fraction of sp³-hybridized carbons (Fsp3) is 0.200. The maximum atomic E-state index is 12.5. The molecule has 0 saturated carbocycles. The Kier molecular flexibility index (Phi) is 7.41. The van der Waals surface area contributed by atoms with Crippen molar-refractivity contribution < 1.29 is 24.6 Å². The predicted octanol–water partition coefficient (Wildman–Crippen LogP) is 4.37. The average Bonchev–Trinajstić information content (AvgIpc) is 2.67. The van der Waals surface area contributed by atoms with Crippen molar-refractivity contribution >= 4 is 40.3 Å². The van der Waals surface area contributed by atoms with Crippen molar-refractivity contribution in [1.82, 2.24) is 5.48 Å². The highest BCUT2D eigenvalue weighted by molar-refractivity contribution is 14.1. The number of hydrogen-bond donors (Lipinski definition) is 4. The molecule has 0 aliphatic rings. The van der Waals surface area contributed by atoms with Crippen molar-refractivity contribution in [2.45, 2.75) is 20.0 Å². The van der Waals surface area contributed by atoms with Crippen molar-refractivity contribution in [2.75, 3.05) is 5.32 Å². The maximum absolute atomic E-state index is 12.5. The number of hydrogen-bond acceptors (Lipinski definition) is 5. The van der Waals surface area contributed by atoms with Crippen LogP contribution in [0.4, 0.5) is 10.5 Å². The molecule has 0 unspecified atom stereocenters. The lowest BCUT2D eigenvalue weighted by Crippen LogP contribution is -2.28. The van der Waals surface area contributed by atoms with Crippen LogP contribution in [0.1, 0.15) is 25.5 Å². The molecule has 0 saturated heterocycles. The molecule has 1 atom stereocenters. The minimum Gasteiger partial charge on any atom is -0.508 e. The lowest BCUT2D eigenvalue weighted by atomic mass is 9.81. The largest absolute Gasteiger partial charge is 0.508 e. The standard InChI is InChI=1S/C20H21IN2O5/c1-20(2,11-10-17(25)23-27)18(15-12-13(21)8-9-16(15)24)28-19(26)22-14-6-4-3-5-7-14/h3-12,18,24,27H,1-2H3,(H,22,26)(H,23,25)/b11-10+/t18-/m1/s1. The van der Waals surface area contributed by atoms with E-state index >= 15 is 0 Å². The van der Waals surface area contributed by atoms with E-state index in [1.807, 2.05) is 6.07 Å². The van der Waals surface area contributed by atoms with Crippen molar-refractivity contribution in [3.8, 4) is 5.75 Å². The minimum absolute atomic E-state index is 0.0361. The van der Waals surface area contributed by atoms with Gasteiger partial charge in [-0.15, -0.1) is 0 Å². The van der Waals surface area contributed by atoms with Crippen molar-refractivity contribution in [3.63, 3.8) is 0 Å². The van der Waals surface area contributed by atoms with Gasteiger partial charge in [0.05, 0.1) is 0 Å². The molecule has 4 N–H and O–H groups in total. The summed E-state index contributed by atoms with van der Waals surface area (Å²) >= 11 is 2.09. The lowest BCUT2D eigenvalue weighted by molar-refractivity contribution is -0.124. The molecule has 0 aliphatic carbocycles. The molecule has 148 valence electrons. The van der Waals surface area contributed by atoms with E-state index in [0.29, 0.717) is 11.3 Å². The summed E-state index contributed by atoms with van der Waals surface area (Å²) in [5.74, 6) is -0.751. The second kappa shape index (κ2) is 9.56. The molecule has 0 radical (unpaired) electrons. The molecule has 2 aromatic carbocycles. The van der Waals surface area contributed by atoms with E-state index in [4.69, 9.17) is 9.94 Å². The summed E-state index contributed by atoms with van der Waals surface area (Å²) in [4.78, 5) is 23.9. The Hall–Kier alpha value is -2.59. The number of hydroxylamine groups is 1. The number of para-hydroxylation sites is 1. The van der Waals surface area contributed by atoms with Gasteiger partial charge in [0, 0.05) is 26.3 Å². The third-order valence-corrected chi connectivity index (χ3v) is 4.64. The molecule has 8 heteroatoms. The number of carbonyl (C=O) groups is 2. The lowest BCUT2D eigenvalue weighted by Gasteiger charge is -2.32. The Labute approximate surface area is 176 Å². The van der Waals surface area contributed by atoms with E-state index in [-0.39, 0.29) is 5.75 Å². The Morgan fingerprint density at radius 3 is 2.50 bits per heavy atom.